The molecular weight excluding hydrogens is 160 g/mol. The van der Waals surface area contributed by atoms with Crippen molar-refractivity contribution in [2.75, 3.05) is 5.73 Å². The Morgan fingerprint density at radius 2 is 1.85 bits per heavy atom. The van der Waals surface area contributed by atoms with E-state index in [1.54, 1.807) is 12.1 Å². The third-order valence-corrected chi connectivity index (χ3v) is 1.83. The Morgan fingerprint density at radius 3 is 2.54 bits per heavy atom. The van der Waals surface area contributed by atoms with Gasteiger partial charge in [-0.2, -0.15) is 0 Å². The van der Waals surface area contributed by atoms with Crippen LogP contribution in [0.5, 0.6) is 0 Å². The number of nitrogens with zero attached hydrogens (tertiary/aromatic N) is 1. The van der Waals surface area contributed by atoms with E-state index in [1.807, 2.05) is 30.3 Å². The molecule has 0 atom stereocenters. The molecule has 0 bridgehead atoms. The summed E-state index contributed by atoms with van der Waals surface area (Å²) in [5.41, 5.74) is 8.27. The number of rotatable bonds is 1. The lowest BCUT2D eigenvalue weighted by molar-refractivity contribution is 1.31. The van der Waals surface area contributed by atoms with Crippen LogP contribution in [0.1, 0.15) is 0 Å². The van der Waals surface area contributed by atoms with Crippen LogP contribution in [0.25, 0.3) is 11.3 Å². The number of hydrogen-bond acceptors (Lipinski definition) is 2. The van der Waals surface area contributed by atoms with Crippen molar-refractivity contribution in [1.29, 1.82) is 0 Å². The number of nitrogen functional groups attached to an aromatic ring is 1. The largest absolute Gasteiger partial charge is 0.397 e. The van der Waals surface area contributed by atoms with Gasteiger partial charge in [0.1, 0.15) is 0 Å². The fourth-order valence-electron chi connectivity index (χ4n) is 1.20. The number of benzene rings is 1. The number of hydrogen-bond donors (Lipinski definition) is 1. The van der Waals surface area contributed by atoms with Crippen LogP contribution in [0.4, 0.5) is 5.69 Å². The fraction of sp³-hybridized carbons (Fsp3) is 0. The Bertz CT molecular complexity index is 396. The van der Waals surface area contributed by atoms with Gasteiger partial charge in [-0.15, -0.1) is 0 Å². The highest BCUT2D eigenvalue weighted by molar-refractivity contribution is 5.71. The minimum absolute atomic E-state index is 0.685. The topological polar surface area (TPSA) is 38.9 Å². The molecule has 1 aromatic heterocycles. The van der Waals surface area contributed by atoms with Crippen LogP contribution in [0.3, 0.4) is 0 Å². The van der Waals surface area contributed by atoms with Crippen molar-refractivity contribution in [3.8, 4) is 11.3 Å². The van der Waals surface area contributed by atoms with Gasteiger partial charge in [-0.1, -0.05) is 30.3 Å². The van der Waals surface area contributed by atoms with Crippen molar-refractivity contribution < 1.29 is 0 Å². The molecule has 63 valence electrons. The molecule has 2 heteroatoms. The number of aromatic nitrogens is 1. The molecule has 0 spiro atoms. The van der Waals surface area contributed by atoms with Crippen LogP contribution in [0, 0.1) is 6.20 Å². The van der Waals surface area contributed by atoms with E-state index in [-0.39, 0.29) is 0 Å². The van der Waals surface area contributed by atoms with Gasteiger partial charge >= 0.3 is 0 Å². The summed E-state index contributed by atoms with van der Waals surface area (Å²) in [6, 6.07) is 13.4. The zero-order valence-corrected chi connectivity index (χ0v) is 7.07. The molecule has 2 nitrogen and oxygen atoms in total. The first-order valence-electron chi connectivity index (χ1n) is 4.06. The van der Waals surface area contributed by atoms with Crippen LogP contribution in [-0.2, 0) is 0 Å². The van der Waals surface area contributed by atoms with Gasteiger partial charge < -0.3 is 5.73 Å². The maximum atomic E-state index is 5.77. The normalized spacial score (nSPS) is 9.85. The fourth-order valence-corrected chi connectivity index (χ4v) is 1.20. The highest BCUT2D eigenvalue weighted by Crippen LogP contribution is 2.21. The predicted octanol–water partition coefficient (Wildman–Crippen LogP) is 2.13. The van der Waals surface area contributed by atoms with E-state index in [0.29, 0.717) is 5.69 Å². The molecule has 0 amide bonds. The van der Waals surface area contributed by atoms with E-state index in [0.717, 1.165) is 11.3 Å². The van der Waals surface area contributed by atoms with E-state index in [1.165, 1.54) is 0 Å². The molecular formula is C11H9N2. The zero-order chi connectivity index (χ0) is 9.10. The molecule has 0 saturated carbocycles. The smallest absolute Gasteiger partial charge is 0.0939 e. The van der Waals surface area contributed by atoms with Crippen molar-refractivity contribution in [3.05, 3.63) is 48.7 Å². The van der Waals surface area contributed by atoms with Crippen molar-refractivity contribution in [3.63, 3.8) is 0 Å². The minimum Gasteiger partial charge on any atom is -0.397 e. The zero-order valence-electron chi connectivity index (χ0n) is 7.07. The van der Waals surface area contributed by atoms with E-state index in [4.69, 9.17) is 5.73 Å². The van der Waals surface area contributed by atoms with Crippen molar-refractivity contribution in [2.45, 2.75) is 0 Å². The Balaban J connectivity index is 2.54. The van der Waals surface area contributed by atoms with Crippen LogP contribution < -0.4 is 5.73 Å². The summed E-state index contributed by atoms with van der Waals surface area (Å²) in [7, 11) is 0. The summed E-state index contributed by atoms with van der Waals surface area (Å²) in [6.07, 6.45) is 2.77. The van der Waals surface area contributed by atoms with Crippen molar-refractivity contribution in [2.24, 2.45) is 0 Å². The van der Waals surface area contributed by atoms with E-state index in [2.05, 4.69) is 11.2 Å². The van der Waals surface area contributed by atoms with Crippen LogP contribution in [-0.4, -0.2) is 4.98 Å². The molecule has 0 saturated heterocycles. The molecule has 0 aliphatic carbocycles. The van der Waals surface area contributed by atoms with Crippen LogP contribution in [0.2, 0.25) is 0 Å². The molecule has 2 rings (SSSR count). The monoisotopic (exact) mass is 169 g/mol. The van der Waals surface area contributed by atoms with Gasteiger partial charge in [0.2, 0.25) is 0 Å². The van der Waals surface area contributed by atoms with E-state index < -0.39 is 0 Å². The molecule has 1 radical (unpaired) electrons. The maximum absolute atomic E-state index is 5.77. The SMILES string of the molecule is Nc1cc[c]nc1-c1ccccc1. The van der Waals surface area contributed by atoms with Gasteiger partial charge in [0.25, 0.3) is 0 Å². The highest BCUT2D eigenvalue weighted by Gasteiger charge is 2.00. The first-order valence-corrected chi connectivity index (χ1v) is 4.06. The average Bonchev–Trinajstić information content (AvgIpc) is 2.20. The lowest BCUT2D eigenvalue weighted by Gasteiger charge is -2.02. The summed E-state index contributed by atoms with van der Waals surface area (Å²) in [4.78, 5) is 4.10. The predicted molar refractivity (Wildman–Crippen MR) is 52.9 cm³/mol. The number of nitrogens with two attached hydrogens (primary N) is 1. The Hall–Kier alpha value is -1.83. The summed E-state index contributed by atoms with van der Waals surface area (Å²) < 4.78 is 0. The third-order valence-electron chi connectivity index (χ3n) is 1.83. The lowest BCUT2D eigenvalue weighted by atomic mass is 10.1. The van der Waals surface area contributed by atoms with Gasteiger partial charge in [0.05, 0.1) is 17.6 Å². The average molecular weight is 169 g/mol. The molecule has 1 heterocycles. The highest BCUT2D eigenvalue weighted by atomic mass is 14.7. The lowest BCUT2D eigenvalue weighted by Crippen LogP contribution is -1.91. The van der Waals surface area contributed by atoms with Crippen LogP contribution >= 0.6 is 0 Å². The van der Waals surface area contributed by atoms with Crippen molar-refractivity contribution in [1.82, 2.24) is 4.98 Å². The Morgan fingerprint density at radius 1 is 1.08 bits per heavy atom. The Kier molecular flexibility index (Phi) is 1.96. The summed E-state index contributed by atoms with van der Waals surface area (Å²) >= 11 is 0. The quantitative estimate of drug-likeness (QED) is 0.710. The molecule has 0 unspecified atom stereocenters. The van der Waals surface area contributed by atoms with Gasteiger partial charge in [-0.05, 0) is 12.1 Å². The first kappa shape index (κ1) is 7.80. The molecule has 1 aromatic carbocycles. The van der Waals surface area contributed by atoms with Gasteiger partial charge in [0, 0.05) is 5.56 Å². The second-order valence-corrected chi connectivity index (χ2v) is 2.74. The van der Waals surface area contributed by atoms with E-state index in [9.17, 15) is 0 Å². The molecule has 13 heavy (non-hydrogen) atoms. The van der Waals surface area contributed by atoms with E-state index >= 15 is 0 Å². The molecule has 2 aromatic rings. The van der Waals surface area contributed by atoms with Gasteiger partial charge in [0.15, 0.2) is 0 Å². The minimum atomic E-state index is 0.685. The Labute approximate surface area is 77.0 Å². The first-order chi connectivity index (χ1) is 6.38. The van der Waals surface area contributed by atoms with Crippen LogP contribution in [0.15, 0.2) is 42.5 Å². The molecule has 0 aliphatic heterocycles. The summed E-state index contributed by atoms with van der Waals surface area (Å²) in [6.45, 7) is 0. The van der Waals surface area contributed by atoms with Crippen molar-refractivity contribution >= 4 is 5.69 Å². The maximum Gasteiger partial charge on any atom is 0.0939 e. The van der Waals surface area contributed by atoms with Gasteiger partial charge in [-0.3, -0.25) is 0 Å². The third kappa shape index (κ3) is 1.51. The number of pyridine rings is 1. The molecule has 0 aliphatic rings. The summed E-state index contributed by atoms with van der Waals surface area (Å²) in [5.74, 6) is 0. The van der Waals surface area contributed by atoms with Gasteiger partial charge in [-0.25, -0.2) is 4.98 Å². The summed E-state index contributed by atoms with van der Waals surface area (Å²) in [5, 5.41) is 0. The second-order valence-electron chi connectivity index (χ2n) is 2.74. The molecule has 2 N–H and O–H groups in total. The molecule has 0 fully saturated rings. The number of anilines is 1. The second kappa shape index (κ2) is 3.27. The standard InChI is InChI=1S/C11H9N2/c12-10-7-4-8-13-11(10)9-5-2-1-3-6-9/h1-7H,12H2.